The Labute approximate surface area is 163 Å². The third-order valence-electron chi connectivity index (χ3n) is 4.22. The maximum absolute atomic E-state index is 5.93. The average Bonchev–Trinajstić information content (AvgIpc) is 3.46. The number of rotatable bonds is 6. The Bertz CT molecular complexity index is 1310. The van der Waals surface area contributed by atoms with Crippen LogP contribution in [0.15, 0.2) is 41.2 Å². The normalized spacial score (nSPS) is 11.4. The summed E-state index contributed by atoms with van der Waals surface area (Å²) in [6.07, 6.45) is 1.62. The first-order valence-corrected chi connectivity index (χ1v) is 8.94. The zero-order chi connectivity index (χ0) is 19.8. The average molecular weight is 392 g/mol. The number of aromatic nitrogens is 8. The SMILES string of the molecule is CCOc1cc(-c2nnc3c4ccccc4c(OCc4ncn(C)n4)nn23)on1. The number of nitrogens with zero attached hydrogens (tertiary/aromatic N) is 8. The van der Waals surface area contributed by atoms with Crippen LogP contribution in [0.1, 0.15) is 12.7 Å². The van der Waals surface area contributed by atoms with Gasteiger partial charge in [0.05, 0.1) is 12.7 Å². The summed E-state index contributed by atoms with van der Waals surface area (Å²) in [5, 5.41) is 22.9. The van der Waals surface area contributed by atoms with Gasteiger partial charge in [-0.25, -0.2) is 4.98 Å². The summed E-state index contributed by atoms with van der Waals surface area (Å²) in [7, 11) is 1.80. The van der Waals surface area contributed by atoms with Crippen LogP contribution in [0.25, 0.3) is 28.0 Å². The highest BCUT2D eigenvalue weighted by molar-refractivity contribution is 5.96. The summed E-state index contributed by atoms with van der Waals surface area (Å²) < 4.78 is 19.8. The Morgan fingerprint density at radius 1 is 1.07 bits per heavy atom. The molecule has 0 N–H and O–H groups in total. The van der Waals surface area contributed by atoms with Crippen LogP contribution < -0.4 is 9.47 Å². The first-order chi connectivity index (χ1) is 14.2. The second-order valence-electron chi connectivity index (χ2n) is 6.20. The Kier molecular flexibility index (Phi) is 4.04. The van der Waals surface area contributed by atoms with Crippen molar-refractivity contribution in [1.29, 1.82) is 0 Å². The summed E-state index contributed by atoms with van der Waals surface area (Å²) in [6.45, 7) is 2.53. The molecule has 146 valence electrons. The van der Waals surface area contributed by atoms with E-state index < -0.39 is 0 Å². The zero-order valence-corrected chi connectivity index (χ0v) is 15.7. The molecule has 11 heteroatoms. The minimum absolute atomic E-state index is 0.178. The first kappa shape index (κ1) is 17.1. The second-order valence-corrected chi connectivity index (χ2v) is 6.20. The fourth-order valence-electron chi connectivity index (χ4n) is 2.98. The molecular weight excluding hydrogens is 376 g/mol. The van der Waals surface area contributed by atoms with Gasteiger partial charge in [-0.1, -0.05) is 18.2 Å². The molecule has 11 nitrogen and oxygen atoms in total. The van der Waals surface area contributed by atoms with Gasteiger partial charge < -0.3 is 14.0 Å². The highest BCUT2D eigenvalue weighted by Gasteiger charge is 2.19. The molecule has 29 heavy (non-hydrogen) atoms. The lowest BCUT2D eigenvalue weighted by molar-refractivity contribution is 0.283. The molecule has 0 saturated carbocycles. The van der Waals surface area contributed by atoms with E-state index in [1.54, 1.807) is 28.6 Å². The third-order valence-corrected chi connectivity index (χ3v) is 4.22. The Balaban J connectivity index is 1.61. The van der Waals surface area contributed by atoms with Gasteiger partial charge in [-0.3, -0.25) is 4.68 Å². The van der Waals surface area contributed by atoms with Crippen molar-refractivity contribution in [3.63, 3.8) is 0 Å². The zero-order valence-electron chi connectivity index (χ0n) is 15.7. The van der Waals surface area contributed by atoms with Gasteiger partial charge in [-0.05, 0) is 18.1 Å². The number of hydrogen-bond acceptors (Lipinski definition) is 9. The van der Waals surface area contributed by atoms with E-state index >= 15 is 0 Å². The van der Waals surface area contributed by atoms with E-state index in [1.807, 2.05) is 31.2 Å². The molecule has 0 radical (unpaired) electrons. The molecule has 0 amide bonds. The van der Waals surface area contributed by atoms with Crippen LogP contribution in [-0.2, 0) is 13.7 Å². The summed E-state index contributed by atoms with van der Waals surface area (Å²) in [5.41, 5.74) is 0.577. The van der Waals surface area contributed by atoms with Crippen molar-refractivity contribution in [3.05, 3.63) is 42.5 Å². The fourth-order valence-corrected chi connectivity index (χ4v) is 2.98. The molecule has 0 atom stereocenters. The first-order valence-electron chi connectivity index (χ1n) is 8.94. The minimum Gasteiger partial charge on any atom is -0.476 e. The Morgan fingerprint density at radius 3 is 2.72 bits per heavy atom. The van der Waals surface area contributed by atoms with E-state index in [9.17, 15) is 0 Å². The van der Waals surface area contributed by atoms with Crippen LogP contribution in [0.5, 0.6) is 11.8 Å². The van der Waals surface area contributed by atoms with Crippen LogP contribution in [0.2, 0.25) is 0 Å². The molecule has 5 aromatic rings. The fraction of sp³-hybridized carbons (Fsp3) is 0.222. The van der Waals surface area contributed by atoms with Crippen molar-refractivity contribution in [2.24, 2.45) is 7.05 Å². The van der Waals surface area contributed by atoms with Crippen LogP contribution in [0.4, 0.5) is 0 Å². The highest BCUT2D eigenvalue weighted by atomic mass is 16.5. The monoisotopic (exact) mass is 392 g/mol. The lowest BCUT2D eigenvalue weighted by atomic mass is 10.2. The van der Waals surface area contributed by atoms with Crippen molar-refractivity contribution in [3.8, 4) is 23.3 Å². The maximum atomic E-state index is 5.93. The molecule has 0 aliphatic rings. The number of benzene rings is 1. The van der Waals surface area contributed by atoms with Crippen LogP contribution >= 0.6 is 0 Å². The van der Waals surface area contributed by atoms with E-state index in [0.29, 0.717) is 41.4 Å². The van der Waals surface area contributed by atoms with Gasteiger partial charge in [0.25, 0.3) is 5.88 Å². The predicted molar refractivity (Wildman–Crippen MR) is 100 cm³/mol. The third kappa shape index (κ3) is 3.02. The van der Waals surface area contributed by atoms with Crippen molar-refractivity contribution < 1.29 is 14.0 Å². The molecule has 4 aromatic heterocycles. The summed E-state index contributed by atoms with van der Waals surface area (Å²) in [6, 6.07) is 9.33. The molecule has 0 fully saturated rings. The Morgan fingerprint density at radius 2 is 1.93 bits per heavy atom. The number of hydrogen-bond donors (Lipinski definition) is 0. The van der Waals surface area contributed by atoms with E-state index in [0.717, 1.165) is 10.8 Å². The topological polar surface area (TPSA) is 118 Å². The standard InChI is InChI=1S/C18H16N8O3/c1-3-27-15-8-13(29-24-15)17-21-20-16-11-6-4-5-7-12(11)18(23-26(16)17)28-9-14-19-10-25(2)22-14/h4-8,10H,3,9H2,1-2H3. The van der Waals surface area contributed by atoms with Gasteiger partial charge in [0.2, 0.25) is 17.5 Å². The lowest BCUT2D eigenvalue weighted by Gasteiger charge is -2.08. The van der Waals surface area contributed by atoms with E-state index in [1.165, 1.54) is 0 Å². The van der Waals surface area contributed by atoms with Gasteiger partial charge in [0.15, 0.2) is 18.1 Å². The van der Waals surface area contributed by atoms with E-state index in [2.05, 4.69) is 30.5 Å². The molecule has 4 heterocycles. The van der Waals surface area contributed by atoms with Crippen LogP contribution in [0.3, 0.4) is 0 Å². The molecule has 0 spiro atoms. The Hall–Kier alpha value is -4.02. The minimum atomic E-state index is 0.178. The maximum Gasteiger partial charge on any atom is 0.254 e. The number of ether oxygens (including phenoxy) is 2. The van der Waals surface area contributed by atoms with Gasteiger partial charge in [-0.15, -0.1) is 15.3 Å². The van der Waals surface area contributed by atoms with Crippen LogP contribution in [0, 0.1) is 0 Å². The van der Waals surface area contributed by atoms with Gasteiger partial charge in [0, 0.05) is 17.8 Å². The molecule has 1 aromatic carbocycles. The molecule has 5 rings (SSSR count). The molecule has 0 unspecified atom stereocenters. The number of fused-ring (bicyclic) bond motifs is 3. The summed E-state index contributed by atoms with van der Waals surface area (Å²) in [5.74, 6) is 2.12. The summed E-state index contributed by atoms with van der Waals surface area (Å²) >= 11 is 0. The quantitative estimate of drug-likeness (QED) is 0.427. The number of aryl methyl sites for hydroxylation is 1. The molecule has 0 saturated heterocycles. The molecule has 0 aliphatic carbocycles. The van der Waals surface area contributed by atoms with Gasteiger partial charge >= 0.3 is 0 Å². The van der Waals surface area contributed by atoms with E-state index in [4.69, 9.17) is 14.0 Å². The summed E-state index contributed by atoms with van der Waals surface area (Å²) in [4.78, 5) is 4.18. The van der Waals surface area contributed by atoms with Crippen molar-refractivity contribution in [2.45, 2.75) is 13.5 Å². The van der Waals surface area contributed by atoms with Gasteiger partial charge in [-0.2, -0.15) is 9.61 Å². The lowest BCUT2D eigenvalue weighted by Crippen LogP contribution is -2.04. The van der Waals surface area contributed by atoms with E-state index in [-0.39, 0.29) is 6.61 Å². The predicted octanol–water partition coefficient (Wildman–Crippen LogP) is 2.04. The van der Waals surface area contributed by atoms with Gasteiger partial charge in [0.1, 0.15) is 6.33 Å². The van der Waals surface area contributed by atoms with Crippen molar-refractivity contribution >= 4 is 16.4 Å². The molecular formula is C18H16N8O3. The second kappa shape index (κ2) is 6.86. The molecule has 0 bridgehead atoms. The molecule has 0 aliphatic heterocycles. The van der Waals surface area contributed by atoms with Crippen molar-refractivity contribution in [2.75, 3.05) is 6.61 Å². The van der Waals surface area contributed by atoms with Crippen molar-refractivity contribution in [1.82, 2.24) is 39.7 Å². The highest BCUT2D eigenvalue weighted by Crippen LogP contribution is 2.30. The smallest absolute Gasteiger partial charge is 0.254 e. The largest absolute Gasteiger partial charge is 0.476 e. The van der Waals surface area contributed by atoms with Crippen LogP contribution in [-0.4, -0.2) is 46.3 Å².